The second-order valence-corrected chi connectivity index (χ2v) is 11.8. The Balaban J connectivity index is 1.99. The highest BCUT2D eigenvalue weighted by atomic mass is 35.5. The third-order valence-corrected chi connectivity index (χ3v) is 8.02. The maximum absolute atomic E-state index is 13.7. The van der Waals surface area contributed by atoms with Crippen molar-refractivity contribution < 1.29 is 35.6 Å². The molecule has 1 atom stereocenters. The minimum absolute atomic E-state index is 0.0502. The van der Waals surface area contributed by atoms with E-state index in [1.165, 1.54) is 24.3 Å². The second kappa shape index (κ2) is 12.5. The predicted molar refractivity (Wildman–Crippen MR) is 140 cm³/mol. The van der Waals surface area contributed by atoms with E-state index in [0.29, 0.717) is 22.0 Å². The summed E-state index contributed by atoms with van der Waals surface area (Å²) in [4.78, 5) is 28.1. The van der Waals surface area contributed by atoms with Gasteiger partial charge in [-0.3, -0.25) is 13.9 Å². The van der Waals surface area contributed by atoms with Crippen LogP contribution in [0.1, 0.15) is 50.2 Å². The van der Waals surface area contributed by atoms with Crippen molar-refractivity contribution in [2.45, 2.75) is 63.8 Å². The van der Waals surface area contributed by atoms with Crippen LogP contribution in [0.4, 0.5) is 23.2 Å². The van der Waals surface area contributed by atoms with Gasteiger partial charge in [-0.05, 0) is 55.2 Å². The van der Waals surface area contributed by atoms with Crippen LogP contribution in [0.5, 0.6) is 0 Å². The molecule has 1 fully saturated rings. The molecule has 0 unspecified atom stereocenters. The van der Waals surface area contributed by atoms with Gasteiger partial charge in [-0.25, -0.2) is 12.8 Å². The van der Waals surface area contributed by atoms with Crippen LogP contribution in [0, 0.1) is 5.82 Å². The molecule has 0 aromatic heterocycles. The molecule has 13 heteroatoms. The van der Waals surface area contributed by atoms with E-state index in [4.69, 9.17) is 11.6 Å². The Kier molecular flexibility index (Phi) is 9.87. The third-order valence-electron chi connectivity index (χ3n) is 6.57. The molecule has 0 bridgehead atoms. The number of halogens is 5. The molecule has 0 spiro atoms. The first-order valence-electron chi connectivity index (χ1n) is 12.4. The number of sulfonamides is 1. The van der Waals surface area contributed by atoms with Crippen molar-refractivity contribution in [2.24, 2.45) is 0 Å². The Morgan fingerprint density at radius 1 is 1.10 bits per heavy atom. The van der Waals surface area contributed by atoms with Crippen LogP contribution in [0.15, 0.2) is 42.5 Å². The summed E-state index contributed by atoms with van der Waals surface area (Å²) >= 11 is 6.09. The summed E-state index contributed by atoms with van der Waals surface area (Å²) < 4.78 is 79.5. The van der Waals surface area contributed by atoms with Crippen molar-refractivity contribution in [3.63, 3.8) is 0 Å². The molecule has 1 aliphatic rings. The zero-order chi connectivity index (χ0) is 29.0. The Labute approximate surface area is 230 Å². The SMILES string of the molecule is CC[C@H](C(=O)NC1CCCC1)N(Cc1ccc(F)cc1)C(=O)CN(c1cc(C(F)(F)F)ccc1Cl)S(C)(=O)=O. The van der Waals surface area contributed by atoms with Crippen LogP contribution in [0.25, 0.3) is 0 Å². The topological polar surface area (TPSA) is 86.8 Å². The molecule has 0 heterocycles. The molecule has 1 aliphatic carbocycles. The van der Waals surface area contributed by atoms with Gasteiger partial charge in [0.25, 0.3) is 0 Å². The second-order valence-electron chi connectivity index (χ2n) is 9.50. The average molecular weight is 592 g/mol. The number of hydrogen-bond acceptors (Lipinski definition) is 4. The van der Waals surface area contributed by atoms with Gasteiger partial charge in [0.05, 0.1) is 22.5 Å². The molecule has 2 aromatic carbocycles. The quantitative estimate of drug-likeness (QED) is 0.388. The minimum Gasteiger partial charge on any atom is -0.352 e. The summed E-state index contributed by atoms with van der Waals surface area (Å²) in [6.45, 7) is 0.611. The van der Waals surface area contributed by atoms with E-state index < -0.39 is 57.7 Å². The Bertz CT molecular complexity index is 1280. The number of benzene rings is 2. The lowest BCUT2D eigenvalue weighted by atomic mass is 10.1. The van der Waals surface area contributed by atoms with Gasteiger partial charge in [-0.15, -0.1) is 0 Å². The molecule has 3 rings (SSSR count). The van der Waals surface area contributed by atoms with Crippen LogP contribution in [-0.2, 0) is 32.3 Å². The van der Waals surface area contributed by atoms with Crippen LogP contribution < -0.4 is 9.62 Å². The van der Waals surface area contributed by atoms with Crippen molar-refractivity contribution in [2.75, 3.05) is 17.1 Å². The molecule has 0 radical (unpaired) electrons. The fourth-order valence-electron chi connectivity index (χ4n) is 4.55. The van der Waals surface area contributed by atoms with Gasteiger partial charge in [0.15, 0.2) is 0 Å². The van der Waals surface area contributed by atoms with Gasteiger partial charge >= 0.3 is 6.18 Å². The van der Waals surface area contributed by atoms with Crippen LogP contribution in [0.2, 0.25) is 5.02 Å². The lowest BCUT2D eigenvalue weighted by Gasteiger charge is -2.33. The highest BCUT2D eigenvalue weighted by Gasteiger charge is 2.35. The van der Waals surface area contributed by atoms with Crippen LogP contribution in [0.3, 0.4) is 0 Å². The summed E-state index contributed by atoms with van der Waals surface area (Å²) in [5, 5.41) is 2.63. The van der Waals surface area contributed by atoms with Gasteiger partial charge < -0.3 is 10.2 Å². The first-order valence-corrected chi connectivity index (χ1v) is 14.6. The first kappa shape index (κ1) is 30.7. The zero-order valence-corrected chi connectivity index (χ0v) is 23.0. The van der Waals surface area contributed by atoms with E-state index in [2.05, 4.69) is 5.32 Å². The van der Waals surface area contributed by atoms with Crippen molar-refractivity contribution >= 4 is 39.1 Å². The number of rotatable bonds is 10. The summed E-state index contributed by atoms with van der Waals surface area (Å²) in [6, 6.07) is 6.33. The summed E-state index contributed by atoms with van der Waals surface area (Å²) in [5.74, 6) is -1.78. The van der Waals surface area contributed by atoms with Crippen LogP contribution in [-0.4, -0.2) is 50.0 Å². The monoisotopic (exact) mass is 591 g/mol. The van der Waals surface area contributed by atoms with E-state index >= 15 is 0 Å². The van der Waals surface area contributed by atoms with Gasteiger partial charge in [-0.1, -0.05) is 43.5 Å². The van der Waals surface area contributed by atoms with E-state index in [0.717, 1.165) is 42.9 Å². The summed E-state index contributed by atoms with van der Waals surface area (Å²) in [7, 11) is -4.30. The lowest BCUT2D eigenvalue weighted by Crippen LogP contribution is -2.53. The van der Waals surface area contributed by atoms with E-state index in [1.807, 2.05) is 0 Å². The molecular weight excluding hydrogens is 562 g/mol. The maximum Gasteiger partial charge on any atom is 0.416 e. The molecule has 1 saturated carbocycles. The minimum atomic E-state index is -4.78. The Hall–Kier alpha value is -2.86. The molecule has 2 aromatic rings. The number of hydrogen-bond donors (Lipinski definition) is 1. The third kappa shape index (κ3) is 8.07. The number of amides is 2. The smallest absolute Gasteiger partial charge is 0.352 e. The molecular formula is C26H30ClF4N3O4S. The normalized spacial score (nSPS) is 15.2. The highest BCUT2D eigenvalue weighted by molar-refractivity contribution is 7.92. The number of carbonyl (C=O) groups is 2. The molecule has 2 amide bonds. The largest absolute Gasteiger partial charge is 0.416 e. The van der Waals surface area contributed by atoms with Gasteiger partial charge in [-0.2, -0.15) is 13.2 Å². The van der Waals surface area contributed by atoms with Gasteiger partial charge in [0.2, 0.25) is 21.8 Å². The van der Waals surface area contributed by atoms with Crippen molar-refractivity contribution in [3.05, 3.63) is 64.4 Å². The number of carbonyl (C=O) groups excluding carboxylic acids is 2. The molecule has 214 valence electrons. The Morgan fingerprint density at radius 3 is 2.26 bits per heavy atom. The van der Waals surface area contributed by atoms with E-state index in [1.54, 1.807) is 6.92 Å². The van der Waals surface area contributed by atoms with Crippen molar-refractivity contribution in [1.29, 1.82) is 0 Å². The zero-order valence-electron chi connectivity index (χ0n) is 21.5. The Morgan fingerprint density at radius 2 is 1.72 bits per heavy atom. The van der Waals surface area contributed by atoms with Crippen molar-refractivity contribution in [3.8, 4) is 0 Å². The standard InChI is InChI=1S/C26H30ClF4N3O4S/c1-3-22(25(36)32-20-6-4-5-7-20)33(15-17-8-11-19(28)12-9-17)24(35)16-34(39(2,37)38)23-14-18(26(29,30)31)10-13-21(23)27/h8-14,20,22H,3-7,15-16H2,1-2H3,(H,32,36)/t22-/m1/s1. The first-order chi connectivity index (χ1) is 18.2. The number of nitrogens with one attached hydrogen (secondary N) is 1. The van der Waals surface area contributed by atoms with Crippen molar-refractivity contribution in [1.82, 2.24) is 10.2 Å². The maximum atomic E-state index is 13.7. The number of alkyl halides is 3. The summed E-state index contributed by atoms with van der Waals surface area (Å²) in [6.07, 6.45) is -0.358. The fraction of sp³-hybridized carbons (Fsp3) is 0.462. The number of nitrogens with zero attached hydrogens (tertiary/aromatic N) is 2. The summed E-state index contributed by atoms with van der Waals surface area (Å²) in [5.41, 5.74) is -1.19. The highest BCUT2D eigenvalue weighted by Crippen LogP contribution is 2.36. The lowest BCUT2D eigenvalue weighted by molar-refractivity contribution is -0.140. The van der Waals surface area contributed by atoms with Crippen LogP contribution >= 0.6 is 11.6 Å². The molecule has 39 heavy (non-hydrogen) atoms. The van der Waals surface area contributed by atoms with E-state index in [9.17, 15) is 35.6 Å². The van der Waals surface area contributed by atoms with E-state index in [-0.39, 0.29) is 24.0 Å². The molecule has 7 nitrogen and oxygen atoms in total. The van der Waals surface area contributed by atoms with Gasteiger partial charge in [0.1, 0.15) is 18.4 Å². The average Bonchev–Trinajstić information content (AvgIpc) is 3.35. The van der Waals surface area contributed by atoms with Gasteiger partial charge in [0, 0.05) is 12.6 Å². The molecule has 1 N–H and O–H groups in total. The fourth-order valence-corrected chi connectivity index (χ4v) is 5.67. The number of anilines is 1. The molecule has 0 aliphatic heterocycles. The predicted octanol–water partition coefficient (Wildman–Crippen LogP) is 5.13. The molecule has 0 saturated heterocycles.